The number of nitrogens with zero attached hydrogens (tertiary/aromatic N) is 4. The molecule has 1 atom stereocenters. The minimum absolute atomic E-state index is 0.0279. The van der Waals surface area contributed by atoms with Crippen LogP contribution in [-0.4, -0.2) is 46.0 Å². The Hall–Kier alpha value is -2.94. The number of hydrogen-bond acceptors (Lipinski definition) is 6. The van der Waals surface area contributed by atoms with Crippen LogP contribution in [0.5, 0.6) is 0 Å². The molecule has 1 aromatic heterocycles. The molecule has 0 N–H and O–H groups in total. The molecule has 4 rings (SSSR count). The Morgan fingerprint density at radius 1 is 1.09 bits per heavy atom. The molecule has 35 heavy (non-hydrogen) atoms. The first kappa shape index (κ1) is 25.2. The smallest absolute Gasteiger partial charge is 0.338 e. The number of esters is 1. The van der Waals surface area contributed by atoms with E-state index in [1.165, 1.54) is 36.4 Å². The number of benzene rings is 2. The first-order valence-electron chi connectivity index (χ1n) is 11.2. The van der Waals surface area contributed by atoms with Gasteiger partial charge in [0.15, 0.2) is 5.82 Å². The van der Waals surface area contributed by atoms with Crippen molar-refractivity contribution in [3.05, 3.63) is 77.0 Å². The largest absolute Gasteiger partial charge is 0.460 e. The number of aromatic nitrogens is 2. The zero-order valence-corrected chi connectivity index (χ0v) is 21.3. The fourth-order valence-electron chi connectivity index (χ4n) is 3.84. The highest BCUT2D eigenvalue weighted by molar-refractivity contribution is 8.15. The van der Waals surface area contributed by atoms with Gasteiger partial charge in [0.25, 0.3) is 0 Å². The molecule has 2 heterocycles. The van der Waals surface area contributed by atoms with Crippen LogP contribution < -0.4 is 5.30 Å². The molecule has 0 saturated heterocycles. The third-order valence-corrected chi connectivity index (χ3v) is 9.86. The maximum atomic E-state index is 13.5. The van der Waals surface area contributed by atoms with Crippen molar-refractivity contribution in [1.29, 1.82) is 0 Å². The summed E-state index contributed by atoms with van der Waals surface area (Å²) in [6, 6.07) is 11.0. The summed E-state index contributed by atoms with van der Waals surface area (Å²) in [7, 11) is 0. The number of aryl methyl sites for hydroxylation is 1. The maximum absolute atomic E-state index is 13.5. The first-order valence-corrected chi connectivity index (χ1v) is 13.8. The van der Waals surface area contributed by atoms with E-state index in [1.54, 1.807) is 16.8 Å². The monoisotopic (exact) mass is 518 g/mol. The maximum Gasteiger partial charge on any atom is 0.338 e. The molecule has 3 aromatic rings. The van der Waals surface area contributed by atoms with E-state index in [2.05, 4.69) is 9.77 Å². The Kier molecular flexibility index (Phi) is 7.44. The van der Waals surface area contributed by atoms with Gasteiger partial charge in [-0.1, -0.05) is 13.8 Å². The molecule has 0 unspecified atom stereocenters. The Balaban J connectivity index is 1.66. The Morgan fingerprint density at radius 2 is 1.69 bits per heavy atom. The van der Waals surface area contributed by atoms with E-state index in [4.69, 9.17) is 26.1 Å². The van der Waals surface area contributed by atoms with Gasteiger partial charge in [0.1, 0.15) is 23.5 Å². The van der Waals surface area contributed by atoms with E-state index >= 15 is 0 Å². The van der Waals surface area contributed by atoms with Crippen molar-refractivity contribution in [2.75, 3.05) is 19.7 Å². The van der Waals surface area contributed by atoms with Gasteiger partial charge in [-0.05, 0) is 67.3 Å². The Bertz CT molecular complexity index is 1310. The summed E-state index contributed by atoms with van der Waals surface area (Å²) in [6.45, 7) is 7.48. The van der Waals surface area contributed by atoms with E-state index < -0.39 is 18.2 Å². The van der Waals surface area contributed by atoms with Crippen LogP contribution in [0.15, 0.2) is 53.5 Å². The molecule has 7 nitrogen and oxygen atoms in total. The summed E-state index contributed by atoms with van der Waals surface area (Å²) in [4.78, 5) is 17.0. The summed E-state index contributed by atoms with van der Waals surface area (Å²) < 4.78 is 42.1. The number of carbonyl (C=O) groups excluding carboxylic acids is 1. The van der Waals surface area contributed by atoms with Crippen LogP contribution in [0.3, 0.4) is 0 Å². The number of fused-ring (bicyclic) bond motifs is 1. The first-order chi connectivity index (χ1) is 16.8. The quantitative estimate of drug-likeness (QED) is 0.318. The Labute approximate surface area is 207 Å². The summed E-state index contributed by atoms with van der Waals surface area (Å²) in [5.41, 5.74) is 1.56. The van der Waals surface area contributed by atoms with Crippen molar-refractivity contribution in [1.82, 2.24) is 14.5 Å². The molecule has 0 spiro atoms. The topological polar surface area (TPSA) is 68.9 Å². The third-order valence-electron chi connectivity index (χ3n) is 5.58. The van der Waals surface area contributed by atoms with Crippen LogP contribution in [0.2, 0.25) is 0 Å². The normalized spacial score (nSPS) is 17.0. The van der Waals surface area contributed by atoms with E-state index in [9.17, 15) is 13.6 Å². The fourth-order valence-corrected chi connectivity index (χ4v) is 7.87. The lowest BCUT2D eigenvalue weighted by atomic mass is 10.2. The van der Waals surface area contributed by atoms with Crippen LogP contribution >= 0.6 is 6.42 Å². The highest BCUT2D eigenvalue weighted by Gasteiger charge is 2.40. The van der Waals surface area contributed by atoms with Gasteiger partial charge < -0.3 is 9.26 Å². The van der Waals surface area contributed by atoms with Crippen molar-refractivity contribution >= 4 is 41.2 Å². The van der Waals surface area contributed by atoms with Crippen LogP contribution in [0.25, 0.3) is 0 Å². The van der Waals surface area contributed by atoms with Gasteiger partial charge in [-0.3, -0.25) is 0 Å². The average Bonchev–Trinajstić information content (AvgIpc) is 3.16. The minimum atomic E-state index is -2.75. The zero-order valence-electron chi connectivity index (χ0n) is 19.6. The van der Waals surface area contributed by atoms with E-state index in [1.807, 2.05) is 20.8 Å². The number of aliphatic imine (C=N–C) groups is 1. The van der Waals surface area contributed by atoms with E-state index in [0.29, 0.717) is 36.1 Å². The molecule has 0 amide bonds. The van der Waals surface area contributed by atoms with Crippen LogP contribution in [0.1, 0.15) is 35.5 Å². The molecule has 11 heteroatoms. The summed E-state index contributed by atoms with van der Waals surface area (Å²) in [6.07, 6.45) is -2.75. The van der Waals surface area contributed by atoms with Crippen molar-refractivity contribution in [2.45, 2.75) is 27.3 Å². The van der Waals surface area contributed by atoms with Crippen molar-refractivity contribution in [3.8, 4) is 0 Å². The number of carbonyl (C=O) groups is 1. The van der Waals surface area contributed by atoms with Gasteiger partial charge in [-0.15, -0.1) is 0 Å². The zero-order chi connectivity index (χ0) is 25.2. The molecule has 0 radical (unpaired) electrons. The molecule has 0 bridgehead atoms. The van der Waals surface area contributed by atoms with E-state index in [0.717, 1.165) is 5.30 Å². The van der Waals surface area contributed by atoms with Gasteiger partial charge in [0.2, 0.25) is 12.3 Å². The number of hydrogen-bond donors (Lipinski definition) is 0. The highest BCUT2D eigenvalue weighted by atomic mass is 32.4. The second-order valence-electron chi connectivity index (χ2n) is 7.80. The summed E-state index contributed by atoms with van der Waals surface area (Å²) in [5.74, 6) is -0.507. The SMILES string of the molecule is CCN(CC)[P@@]1(=S)OC(c2ccc(F)cc2)=Nc2c1c(C)nn2CCOC(=O)c1ccc(F)cc1. The number of ether oxygens (including phenoxy) is 1. The third kappa shape index (κ3) is 5.05. The molecular formula is C24H25F2N4O3PS. The lowest BCUT2D eigenvalue weighted by molar-refractivity contribution is 0.0488. The molecule has 184 valence electrons. The molecule has 0 saturated carbocycles. The molecule has 0 fully saturated rings. The predicted molar refractivity (Wildman–Crippen MR) is 134 cm³/mol. The average molecular weight is 519 g/mol. The van der Waals surface area contributed by atoms with Crippen molar-refractivity contribution < 1.29 is 22.8 Å². The summed E-state index contributed by atoms with van der Waals surface area (Å²) >= 11 is 6.15. The molecular weight excluding hydrogens is 493 g/mol. The molecule has 1 aliphatic rings. The van der Waals surface area contributed by atoms with Gasteiger partial charge in [-0.2, -0.15) is 10.1 Å². The van der Waals surface area contributed by atoms with Crippen molar-refractivity contribution in [3.63, 3.8) is 0 Å². The second-order valence-corrected chi connectivity index (χ2v) is 11.5. The van der Waals surface area contributed by atoms with Crippen LogP contribution in [0.4, 0.5) is 14.6 Å². The summed E-state index contributed by atoms with van der Waals surface area (Å²) in [5, 5.41) is 5.38. The van der Waals surface area contributed by atoms with E-state index in [-0.39, 0.29) is 24.5 Å². The van der Waals surface area contributed by atoms with Gasteiger partial charge in [0, 0.05) is 18.7 Å². The van der Waals surface area contributed by atoms with Gasteiger partial charge in [-0.25, -0.2) is 22.9 Å². The van der Waals surface area contributed by atoms with Crippen LogP contribution in [0, 0.1) is 18.6 Å². The lowest BCUT2D eigenvalue weighted by Gasteiger charge is -2.35. The Morgan fingerprint density at radius 3 is 2.29 bits per heavy atom. The van der Waals surface area contributed by atoms with Crippen LogP contribution in [-0.2, 0) is 27.6 Å². The van der Waals surface area contributed by atoms with Crippen molar-refractivity contribution in [2.24, 2.45) is 4.99 Å². The number of rotatable bonds is 8. The molecule has 1 aliphatic heterocycles. The minimum Gasteiger partial charge on any atom is -0.460 e. The second kappa shape index (κ2) is 10.4. The van der Waals surface area contributed by atoms with Gasteiger partial charge in [0.05, 0.1) is 17.8 Å². The predicted octanol–water partition coefficient (Wildman–Crippen LogP) is 4.71. The van der Waals surface area contributed by atoms with Gasteiger partial charge >= 0.3 is 5.97 Å². The molecule has 0 aliphatic carbocycles. The lowest BCUT2D eigenvalue weighted by Crippen LogP contribution is -2.32. The molecule has 2 aromatic carbocycles. The standard InChI is InChI=1S/C24H25F2N4O3PS/c1-4-29(5-2)34(35)21-16(3)28-30(14-15-32-24(31)18-8-12-20(26)13-9-18)22(21)27-23(33-34)17-6-10-19(25)11-7-17/h6-13H,4-5,14-15H2,1-3H3/t34-/m1/s1. The number of halogens is 2. The fraction of sp³-hybridized carbons (Fsp3) is 0.292. The highest BCUT2D eigenvalue weighted by Crippen LogP contribution is 2.55.